The van der Waals surface area contributed by atoms with E-state index in [-0.39, 0.29) is 13.1 Å². The number of hydrogen-bond donors (Lipinski definition) is 2. The Labute approximate surface area is 161 Å². The van der Waals surface area contributed by atoms with Crippen molar-refractivity contribution in [2.24, 2.45) is 0 Å². The van der Waals surface area contributed by atoms with Crippen molar-refractivity contribution in [1.82, 2.24) is 20.3 Å². The zero-order valence-electron chi connectivity index (χ0n) is 15.4. The van der Waals surface area contributed by atoms with E-state index in [9.17, 15) is 18.0 Å². The number of nitrogens with zero attached hydrogens (tertiary/aromatic N) is 3. The predicted octanol–water partition coefficient (Wildman–Crippen LogP) is 0.806. The van der Waals surface area contributed by atoms with Crippen LogP contribution in [-0.2, 0) is 19.4 Å². The number of urea groups is 1. The number of carbonyl (C=O) groups is 2. The van der Waals surface area contributed by atoms with Crippen molar-refractivity contribution in [3.63, 3.8) is 0 Å². The maximum Gasteiger partial charge on any atom is 0.418 e. The Hall–Kier alpha value is -2.64. The molecule has 3 rings (SSSR count). The van der Waals surface area contributed by atoms with Crippen molar-refractivity contribution >= 4 is 28.1 Å². The van der Waals surface area contributed by atoms with Crippen LogP contribution in [0.5, 0.6) is 0 Å². The van der Waals surface area contributed by atoms with Gasteiger partial charge in [0, 0.05) is 12.1 Å². The molecule has 154 valence electrons. The number of hydroxylamine groups is 2. The van der Waals surface area contributed by atoms with Gasteiger partial charge >= 0.3 is 22.5 Å². The zero-order valence-corrected chi connectivity index (χ0v) is 16.2. The molecule has 3 amide bonds. The summed E-state index contributed by atoms with van der Waals surface area (Å²) in [6.45, 7) is 5.21. The monoisotopic (exact) mass is 416 g/mol. The van der Waals surface area contributed by atoms with E-state index in [2.05, 4.69) is 14.6 Å². The van der Waals surface area contributed by atoms with Crippen LogP contribution in [0.2, 0.25) is 0 Å². The molecule has 1 saturated heterocycles. The molecule has 2 unspecified atom stereocenters. The number of ether oxygens (including phenoxy) is 1. The van der Waals surface area contributed by atoms with Crippen molar-refractivity contribution < 1.29 is 36.0 Å². The van der Waals surface area contributed by atoms with E-state index in [1.54, 1.807) is 26.8 Å². The molecule has 0 spiro atoms. The molecule has 2 N–H and O–H groups in total. The van der Waals surface area contributed by atoms with Crippen molar-refractivity contribution in [3.8, 4) is 0 Å². The number of carbonyl (C=O) groups excluding carboxylic acids is 2. The Balaban J connectivity index is 1.83. The molecule has 13 heteroatoms. The van der Waals surface area contributed by atoms with E-state index in [1.807, 2.05) is 0 Å². The fourth-order valence-corrected chi connectivity index (χ4v) is 3.34. The van der Waals surface area contributed by atoms with Crippen molar-refractivity contribution in [3.05, 3.63) is 24.4 Å². The van der Waals surface area contributed by atoms with Crippen LogP contribution in [0.3, 0.4) is 0 Å². The lowest BCUT2D eigenvalue weighted by Crippen LogP contribution is -2.46. The number of fused-ring (bicyclic) bond motifs is 2. The minimum Gasteiger partial charge on any atom is -0.444 e. The SMILES string of the molecule is CC(C)(C)OC(=O)NCC1C=C(c2cnco2)C2CN1C(=O)N2OS(=O)(=O)O. The molecule has 2 aliphatic heterocycles. The number of nitrogens with one attached hydrogen (secondary N) is 1. The molecule has 1 aromatic heterocycles. The third-order valence-electron chi connectivity index (χ3n) is 3.96. The lowest BCUT2D eigenvalue weighted by Gasteiger charge is -2.29. The van der Waals surface area contributed by atoms with Crippen LogP contribution in [0.1, 0.15) is 26.5 Å². The summed E-state index contributed by atoms with van der Waals surface area (Å²) in [7, 11) is -4.92. The molecule has 0 aromatic carbocycles. The van der Waals surface area contributed by atoms with Crippen molar-refractivity contribution in [2.75, 3.05) is 13.1 Å². The quantitative estimate of drug-likeness (QED) is 0.664. The summed E-state index contributed by atoms with van der Waals surface area (Å²) in [6.07, 6.45) is 3.55. The second-order valence-electron chi connectivity index (χ2n) is 7.22. The highest BCUT2D eigenvalue weighted by atomic mass is 32.3. The van der Waals surface area contributed by atoms with Gasteiger partial charge in [-0.05, 0) is 20.8 Å². The summed E-state index contributed by atoms with van der Waals surface area (Å²) < 4.78 is 46.1. The maximum absolute atomic E-state index is 12.6. The number of alkyl carbamates (subject to hydrolysis) is 1. The second-order valence-corrected chi connectivity index (χ2v) is 8.22. The minimum atomic E-state index is -4.92. The lowest BCUT2D eigenvalue weighted by atomic mass is 9.98. The number of aromatic nitrogens is 1. The predicted molar refractivity (Wildman–Crippen MR) is 92.9 cm³/mol. The van der Waals surface area contributed by atoms with Gasteiger partial charge in [-0.15, -0.1) is 4.28 Å². The molecule has 0 saturated carbocycles. The Morgan fingerprint density at radius 3 is 2.75 bits per heavy atom. The Bertz CT molecular complexity index is 890. The van der Waals surface area contributed by atoms with Gasteiger partial charge in [0.2, 0.25) is 0 Å². The van der Waals surface area contributed by atoms with Crippen LogP contribution in [0.15, 0.2) is 23.1 Å². The van der Waals surface area contributed by atoms with Crippen LogP contribution in [0, 0.1) is 0 Å². The Morgan fingerprint density at radius 1 is 1.46 bits per heavy atom. The topological polar surface area (TPSA) is 152 Å². The van der Waals surface area contributed by atoms with Gasteiger partial charge in [-0.2, -0.15) is 13.5 Å². The highest BCUT2D eigenvalue weighted by Crippen LogP contribution is 2.35. The molecule has 2 atom stereocenters. The van der Waals surface area contributed by atoms with Crippen LogP contribution >= 0.6 is 0 Å². The molecule has 2 bridgehead atoms. The summed E-state index contributed by atoms with van der Waals surface area (Å²) in [5, 5.41) is 3.12. The van der Waals surface area contributed by atoms with Crippen LogP contribution in [0.25, 0.3) is 5.57 Å². The first-order valence-corrected chi connectivity index (χ1v) is 9.65. The highest BCUT2D eigenvalue weighted by Gasteiger charge is 2.49. The van der Waals surface area contributed by atoms with Gasteiger partial charge in [0.05, 0.1) is 18.8 Å². The molecule has 0 radical (unpaired) electrons. The Morgan fingerprint density at radius 2 is 2.18 bits per heavy atom. The largest absolute Gasteiger partial charge is 0.444 e. The number of amides is 3. The molecule has 1 fully saturated rings. The van der Waals surface area contributed by atoms with E-state index in [0.717, 1.165) is 0 Å². The van der Waals surface area contributed by atoms with Gasteiger partial charge in [-0.25, -0.2) is 14.6 Å². The normalized spacial score (nSPS) is 22.3. The molecule has 3 heterocycles. The molecule has 28 heavy (non-hydrogen) atoms. The molecule has 0 aliphatic carbocycles. The molecule has 12 nitrogen and oxygen atoms in total. The average molecular weight is 416 g/mol. The van der Waals surface area contributed by atoms with Crippen LogP contribution in [-0.4, -0.2) is 70.8 Å². The van der Waals surface area contributed by atoms with Crippen LogP contribution in [0.4, 0.5) is 9.59 Å². The lowest BCUT2D eigenvalue weighted by molar-refractivity contribution is -0.0165. The smallest absolute Gasteiger partial charge is 0.418 e. The first kappa shape index (κ1) is 20.1. The summed E-state index contributed by atoms with van der Waals surface area (Å²) in [5.74, 6) is 0.297. The second kappa shape index (κ2) is 7.07. The van der Waals surface area contributed by atoms with Gasteiger partial charge in [0.15, 0.2) is 12.2 Å². The third-order valence-corrected chi connectivity index (χ3v) is 4.31. The molecular weight excluding hydrogens is 396 g/mol. The van der Waals surface area contributed by atoms with Crippen molar-refractivity contribution in [2.45, 2.75) is 38.5 Å². The zero-order chi connectivity index (χ0) is 20.7. The van der Waals surface area contributed by atoms with Crippen molar-refractivity contribution in [1.29, 1.82) is 0 Å². The molecule has 2 aliphatic rings. The fraction of sp³-hybridized carbons (Fsp3) is 0.533. The number of rotatable bonds is 5. The maximum atomic E-state index is 12.6. The van der Waals surface area contributed by atoms with E-state index in [4.69, 9.17) is 13.7 Å². The van der Waals surface area contributed by atoms with E-state index in [0.29, 0.717) is 16.4 Å². The van der Waals surface area contributed by atoms with Gasteiger partial charge in [-0.3, -0.25) is 4.55 Å². The van der Waals surface area contributed by atoms with Gasteiger partial charge in [-0.1, -0.05) is 6.08 Å². The minimum absolute atomic E-state index is 0.00469. The Kier molecular flexibility index (Phi) is 5.08. The first-order chi connectivity index (χ1) is 12.9. The molecule has 1 aromatic rings. The number of oxazole rings is 1. The standard InChI is InChI=1S/C15H20N4O8S/c1-15(2,3)26-13(20)17-5-9-4-10(12-6-16-8-25-12)11-7-18(9)14(21)19(11)27-28(22,23)24/h4,6,8-9,11H,5,7H2,1-3H3,(H,17,20)(H,22,23,24). The molecular formula is C15H20N4O8S. The summed E-state index contributed by atoms with van der Waals surface area (Å²) in [4.78, 5) is 29.6. The summed E-state index contributed by atoms with van der Waals surface area (Å²) in [6, 6.07) is -2.27. The van der Waals surface area contributed by atoms with E-state index >= 15 is 0 Å². The fourth-order valence-electron chi connectivity index (χ4n) is 2.97. The average Bonchev–Trinajstić information content (AvgIpc) is 3.16. The van der Waals surface area contributed by atoms with Gasteiger partial charge in [0.1, 0.15) is 11.6 Å². The first-order valence-electron chi connectivity index (χ1n) is 8.29. The highest BCUT2D eigenvalue weighted by molar-refractivity contribution is 7.80. The summed E-state index contributed by atoms with van der Waals surface area (Å²) in [5.41, 5.74) is -0.258. The summed E-state index contributed by atoms with van der Waals surface area (Å²) >= 11 is 0. The van der Waals surface area contributed by atoms with Crippen LogP contribution < -0.4 is 5.32 Å². The van der Waals surface area contributed by atoms with Gasteiger partial charge < -0.3 is 19.4 Å². The van der Waals surface area contributed by atoms with E-state index in [1.165, 1.54) is 17.5 Å². The van der Waals surface area contributed by atoms with Gasteiger partial charge in [0.25, 0.3) is 0 Å². The number of hydrogen-bond acceptors (Lipinski definition) is 8. The van der Waals surface area contributed by atoms with E-state index < -0.39 is 40.2 Å². The third kappa shape index (κ3) is 4.43.